The van der Waals surface area contributed by atoms with Crippen molar-refractivity contribution in [2.75, 3.05) is 5.75 Å². The molecule has 0 amide bonds. The Morgan fingerprint density at radius 1 is 1.47 bits per heavy atom. The van der Waals surface area contributed by atoms with Crippen molar-refractivity contribution in [1.29, 1.82) is 0 Å². The molecule has 0 aliphatic carbocycles. The first-order valence-electron chi connectivity index (χ1n) is 5.79. The van der Waals surface area contributed by atoms with Gasteiger partial charge in [-0.2, -0.15) is 0 Å². The van der Waals surface area contributed by atoms with Gasteiger partial charge >= 0.3 is 5.97 Å². The molecule has 0 aliphatic rings. The number of hydrogen-bond acceptors (Lipinski definition) is 3. The monoisotopic (exact) mass is 340 g/mol. The van der Waals surface area contributed by atoms with Crippen LogP contribution in [0.5, 0.6) is 0 Å². The molecule has 1 aromatic carbocycles. The zero-order chi connectivity index (χ0) is 13.8. The molecule has 19 heavy (non-hydrogen) atoms. The summed E-state index contributed by atoms with van der Waals surface area (Å²) >= 11 is 4.75. The minimum atomic E-state index is -0.843. The fourth-order valence-corrected chi connectivity index (χ4v) is 2.92. The van der Waals surface area contributed by atoms with Gasteiger partial charge in [-0.15, -0.1) is 0 Å². The lowest BCUT2D eigenvalue weighted by Crippen LogP contribution is -2.04. The van der Waals surface area contributed by atoms with Crippen LogP contribution in [0.3, 0.4) is 0 Å². The summed E-state index contributed by atoms with van der Waals surface area (Å²) in [5, 5.41) is 9.49. The minimum absolute atomic E-state index is 0.00458. The third-order valence-electron chi connectivity index (χ3n) is 2.58. The lowest BCUT2D eigenvalue weighted by atomic mass is 10.3. The van der Waals surface area contributed by atoms with Crippen molar-refractivity contribution in [3.05, 3.63) is 40.6 Å². The molecule has 0 bridgehead atoms. The third kappa shape index (κ3) is 3.19. The van der Waals surface area contributed by atoms with Gasteiger partial charge in [0.05, 0.1) is 11.4 Å². The Morgan fingerprint density at radius 3 is 2.84 bits per heavy atom. The summed E-state index contributed by atoms with van der Waals surface area (Å²) in [5.41, 5.74) is 2.03. The number of carboxylic acid groups (broad SMARTS) is 1. The molecule has 1 aromatic heterocycles. The van der Waals surface area contributed by atoms with Gasteiger partial charge in [0.1, 0.15) is 0 Å². The van der Waals surface area contributed by atoms with Crippen molar-refractivity contribution in [3.8, 4) is 5.69 Å². The molecule has 4 nitrogen and oxygen atoms in total. The summed E-state index contributed by atoms with van der Waals surface area (Å²) in [7, 11) is 0. The second-order valence-electron chi connectivity index (χ2n) is 3.85. The van der Waals surface area contributed by atoms with Gasteiger partial charge in [-0.3, -0.25) is 9.36 Å². The van der Waals surface area contributed by atoms with Gasteiger partial charge < -0.3 is 5.11 Å². The zero-order valence-corrected chi connectivity index (χ0v) is 12.7. The number of thioether (sulfide) groups is 1. The molecule has 0 spiro atoms. The van der Waals surface area contributed by atoms with E-state index < -0.39 is 5.97 Å². The van der Waals surface area contributed by atoms with Crippen LogP contribution in [0.15, 0.2) is 40.1 Å². The summed E-state index contributed by atoms with van der Waals surface area (Å²) in [4.78, 5) is 15.0. The Kier molecular flexibility index (Phi) is 4.66. The number of aryl methyl sites for hydroxylation is 1. The number of benzene rings is 1. The van der Waals surface area contributed by atoms with Crippen molar-refractivity contribution in [1.82, 2.24) is 9.55 Å². The van der Waals surface area contributed by atoms with Crippen LogP contribution >= 0.6 is 27.7 Å². The first kappa shape index (κ1) is 14.1. The predicted molar refractivity (Wildman–Crippen MR) is 79.0 cm³/mol. The molecule has 0 atom stereocenters. The van der Waals surface area contributed by atoms with Crippen molar-refractivity contribution in [2.24, 2.45) is 0 Å². The number of para-hydroxylation sites is 1. The maximum Gasteiger partial charge on any atom is 0.313 e. The van der Waals surface area contributed by atoms with Gasteiger partial charge in [0.25, 0.3) is 0 Å². The number of hydrogen-bond donors (Lipinski definition) is 1. The maximum absolute atomic E-state index is 10.7. The molecule has 6 heteroatoms. The summed E-state index contributed by atoms with van der Waals surface area (Å²) in [6.07, 6.45) is 2.63. The Hall–Kier alpha value is -1.27. The molecule has 0 saturated heterocycles. The molecular weight excluding hydrogens is 328 g/mol. The number of rotatable bonds is 5. The van der Waals surface area contributed by atoms with E-state index in [2.05, 4.69) is 27.8 Å². The molecule has 0 aliphatic heterocycles. The number of imidazole rings is 1. The normalized spacial score (nSPS) is 10.6. The molecule has 0 saturated carbocycles. The second kappa shape index (κ2) is 6.25. The molecule has 2 rings (SSSR count). The number of halogens is 1. The lowest BCUT2D eigenvalue weighted by molar-refractivity contribution is -0.133. The van der Waals surface area contributed by atoms with Crippen molar-refractivity contribution in [2.45, 2.75) is 18.5 Å². The Bertz CT molecular complexity index is 598. The predicted octanol–water partition coefficient (Wildman–Crippen LogP) is 3.37. The van der Waals surface area contributed by atoms with Crippen LogP contribution in [-0.4, -0.2) is 26.4 Å². The van der Waals surface area contributed by atoms with Crippen LogP contribution < -0.4 is 0 Å². The highest BCUT2D eigenvalue weighted by atomic mass is 79.9. The van der Waals surface area contributed by atoms with E-state index in [0.717, 1.165) is 22.3 Å². The topological polar surface area (TPSA) is 55.1 Å². The molecule has 1 heterocycles. The van der Waals surface area contributed by atoms with E-state index in [1.807, 2.05) is 28.8 Å². The first-order chi connectivity index (χ1) is 9.13. The van der Waals surface area contributed by atoms with Crippen LogP contribution in [0.25, 0.3) is 5.69 Å². The van der Waals surface area contributed by atoms with Crippen LogP contribution in [-0.2, 0) is 11.2 Å². The fourth-order valence-electron chi connectivity index (χ4n) is 1.74. The molecule has 0 fully saturated rings. The number of carboxylic acids is 1. The highest BCUT2D eigenvalue weighted by molar-refractivity contribution is 9.10. The van der Waals surface area contributed by atoms with Gasteiger partial charge in [0.2, 0.25) is 0 Å². The van der Waals surface area contributed by atoms with Gasteiger partial charge in [-0.1, -0.05) is 30.8 Å². The maximum atomic E-state index is 10.7. The van der Waals surface area contributed by atoms with E-state index in [1.165, 1.54) is 11.8 Å². The van der Waals surface area contributed by atoms with Crippen molar-refractivity contribution >= 4 is 33.7 Å². The summed E-state index contributed by atoms with van der Waals surface area (Å²) < 4.78 is 2.96. The Balaban J connectivity index is 2.45. The van der Waals surface area contributed by atoms with Crippen molar-refractivity contribution in [3.63, 3.8) is 0 Å². The number of aromatic nitrogens is 2. The molecule has 0 unspecified atom stereocenters. The van der Waals surface area contributed by atoms with Gasteiger partial charge in [0.15, 0.2) is 5.16 Å². The Morgan fingerprint density at radius 2 is 2.21 bits per heavy atom. The van der Waals surface area contributed by atoms with Crippen LogP contribution in [0.1, 0.15) is 12.6 Å². The fraction of sp³-hybridized carbons (Fsp3) is 0.231. The molecule has 0 radical (unpaired) electrons. The molecule has 2 aromatic rings. The van der Waals surface area contributed by atoms with E-state index in [1.54, 1.807) is 6.20 Å². The van der Waals surface area contributed by atoms with E-state index >= 15 is 0 Å². The largest absolute Gasteiger partial charge is 0.481 e. The Labute approximate surface area is 124 Å². The first-order valence-corrected chi connectivity index (χ1v) is 7.57. The molecule has 1 N–H and O–H groups in total. The third-order valence-corrected chi connectivity index (χ3v) is 4.19. The average Bonchev–Trinajstić information content (AvgIpc) is 2.79. The zero-order valence-electron chi connectivity index (χ0n) is 10.3. The summed E-state index contributed by atoms with van der Waals surface area (Å²) in [5.74, 6) is -0.838. The number of carbonyl (C=O) groups is 1. The quantitative estimate of drug-likeness (QED) is 0.847. The van der Waals surface area contributed by atoms with E-state index in [4.69, 9.17) is 5.11 Å². The summed E-state index contributed by atoms with van der Waals surface area (Å²) in [6, 6.07) is 7.83. The number of nitrogens with zero attached hydrogens (tertiary/aromatic N) is 2. The molecule has 100 valence electrons. The SMILES string of the molecule is CCc1cnc(SCC(=O)O)n1-c1ccccc1Br. The summed E-state index contributed by atoms with van der Waals surface area (Å²) in [6.45, 7) is 2.05. The van der Waals surface area contributed by atoms with Crippen LogP contribution in [0.4, 0.5) is 0 Å². The molecular formula is C13H13BrN2O2S. The van der Waals surface area contributed by atoms with Gasteiger partial charge in [0, 0.05) is 16.4 Å². The van der Waals surface area contributed by atoms with Crippen molar-refractivity contribution < 1.29 is 9.90 Å². The standard InChI is InChI=1S/C13H13BrN2O2S/c1-2-9-7-15-13(19-8-12(17)18)16(9)11-6-4-3-5-10(11)14/h3-7H,2,8H2,1H3,(H,17,18). The lowest BCUT2D eigenvalue weighted by Gasteiger charge is -2.12. The van der Waals surface area contributed by atoms with Crippen LogP contribution in [0, 0.1) is 0 Å². The highest BCUT2D eigenvalue weighted by Gasteiger charge is 2.14. The van der Waals surface area contributed by atoms with E-state index in [0.29, 0.717) is 5.16 Å². The highest BCUT2D eigenvalue weighted by Crippen LogP contribution is 2.28. The second-order valence-corrected chi connectivity index (χ2v) is 5.65. The van der Waals surface area contributed by atoms with E-state index in [9.17, 15) is 4.79 Å². The van der Waals surface area contributed by atoms with E-state index in [-0.39, 0.29) is 5.75 Å². The van der Waals surface area contributed by atoms with Gasteiger partial charge in [-0.25, -0.2) is 4.98 Å². The van der Waals surface area contributed by atoms with Gasteiger partial charge in [-0.05, 0) is 34.5 Å². The smallest absolute Gasteiger partial charge is 0.313 e. The average molecular weight is 341 g/mol. The van der Waals surface area contributed by atoms with Crippen LogP contribution in [0.2, 0.25) is 0 Å². The number of aliphatic carboxylic acids is 1. The minimum Gasteiger partial charge on any atom is -0.481 e.